The van der Waals surface area contributed by atoms with Crippen LogP contribution in [0, 0.1) is 5.82 Å². The number of anilines is 1. The summed E-state index contributed by atoms with van der Waals surface area (Å²) in [7, 11) is 3.37. The zero-order valence-corrected chi connectivity index (χ0v) is 10.9. The summed E-state index contributed by atoms with van der Waals surface area (Å²) in [6, 6.07) is 11.2. The molecule has 4 heteroatoms. The summed E-state index contributed by atoms with van der Waals surface area (Å²) in [6.07, 6.45) is 0. The Labute approximate surface area is 111 Å². The molecule has 2 N–H and O–H groups in total. The van der Waals surface area contributed by atoms with Crippen LogP contribution in [0.2, 0.25) is 0 Å². The van der Waals surface area contributed by atoms with Gasteiger partial charge in [-0.2, -0.15) is 0 Å². The molecule has 2 aromatic rings. The molecule has 2 aromatic carbocycles. The van der Waals surface area contributed by atoms with Gasteiger partial charge in [0, 0.05) is 25.3 Å². The number of nitrogens with two attached hydrogens (primary N) is 1. The maximum absolute atomic E-state index is 12.9. The molecule has 3 nitrogen and oxygen atoms in total. The van der Waals surface area contributed by atoms with E-state index in [0.29, 0.717) is 11.3 Å². The number of carbonyl (C=O) groups is 1. The van der Waals surface area contributed by atoms with Crippen LogP contribution in [0.5, 0.6) is 0 Å². The van der Waals surface area contributed by atoms with Crippen molar-refractivity contribution in [3.05, 3.63) is 53.8 Å². The third-order valence-electron chi connectivity index (χ3n) is 2.79. The van der Waals surface area contributed by atoms with Crippen molar-refractivity contribution in [3.8, 4) is 11.1 Å². The van der Waals surface area contributed by atoms with Crippen molar-refractivity contribution >= 4 is 11.6 Å². The first-order chi connectivity index (χ1) is 8.97. The molecule has 19 heavy (non-hydrogen) atoms. The van der Waals surface area contributed by atoms with E-state index >= 15 is 0 Å². The molecule has 0 saturated carbocycles. The fourth-order valence-electron chi connectivity index (χ4n) is 1.84. The van der Waals surface area contributed by atoms with Crippen molar-refractivity contribution < 1.29 is 9.18 Å². The van der Waals surface area contributed by atoms with E-state index in [2.05, 4.69) is 0 Å². The van der Waals surface area contributed by atoms with E-state index in [-0.39, 0.29) is 11.7 Å². The van der Waals surface area contributed by atoms with Crippen LogP contribution in [0.15, 0.2) is 42.5 Å². The number of amides is 1. The fraction of sp³-hybridized carbons (Fsp3) is 0.133. The predicted octanol–water partition coefficient (Wildman–Crippen LogP) is 2.78. The second kappa shape index (κ2) is 5.10. The maximum Gasteiger partial charge on any atom is 0.253 e. The van der Waals surface area contributed by atoms with Gasteiger partial charge in [-0.1, -0.05) is 12.1 Å². The molecule has 0 bridgehead atoms. The molecule has 1 amide bonds. The van der Waals surface area contributed by atoms with Crippen LogP contribution in [0.3, 0.4) is 0 Å². The van der Waals surface area contributed by atoms with E-state index in [0.717, 1.165) is 11.1 Å². The molecule has 0 aliphatic rings. The first-order valence-corrected chi connectivity index (χ1v) is 5.85. The van der Waals surface area contributed by atoms with Crippen LogP contribution in [-0.2, 0) is 0 Å². The number of hydrogen-bond acceptors (Lipinski definition) is 2. The first-order valence-electron chi connectivity index (χ1n) is 5.85. The van der Waals surface area contributed by atoms with E-state index in [1.54, 1.807) is 44.4 Å². The van der Waals surface area contributed by atoms with E-state index in [1.807, 2.05) is 0 Å². The highest BCUT2D eigenvalue weighted by molar-refractivity contribution is 5.96. The highest BCUT2D eigenvalue weighted by Gasteiger charge is 2.10. The van der Waals surface area contributed by atoms with Crippen molar-refractivity contribution in [2.45, 2.75) is 0 Å². The normalized spacial score (nSPS) is 10.3. The van der Waals surface area contributed by atoms with Crippen LogP contribution in [0.1, 0.15) is 10.4 Å². The fourth-order valence-corrected chi connectivity index (χ4v) is 1.84. The molecule has 0 spiro atoms. The van der Waals surface area contributed by atoms with Crippen LogP contribution in [0.4, 0.5) is 10.1 Å². The lowest BCUT2D eigenvalue weighted by Gasteiger charge is -2.12. The zero-order valence-electron chi connectivity index (χ0n) is 10.9. The lowest BCUT2D eigenvalue weighted by Crippen LogP contribution is -2.21. The molecule has 0 unspecified atom stereocenters. The van der Waals surface area contributed by atoms with Gasteiger partial charge in [-0.25, -0.2) is 4.39 Å². The summed E-state index contributed by atoms with van der Waals surface area (Å²) in [4.78, 5) is 13.4. The van der Waals surface area contributed by atoms with Gasteiger partial charge in [0.15, 0.2) is 0 Å². The second-order valence-electron chi connectivity index (χ2n) is 4.55. The molecule has 98 valence electrons. The van der Waals surface area contributed by atoms with Crippen molar-refractivity contribution in [1.82, 2.24) is 4.90 Å². The van der Waals surface area contributed by atoms with Crippen molar-refractivity contribution in [1.29, 1.82) is 0 Å². The zero-order chi connectivity index (χ0) is 14.0. The second-order valence-corrected chi connectivity index (χ2v) is 4.55. The number of nitrogens with zero attached hydrogens (tertiary/aromatic N) is 1. The highest BCUT2D eigenvalue weighted by atomic mass is 19.1. The standard InChI is InChI=1S/C15H15FN2O/c1-18(2)15(19)12-7-11(8-14(17)9-12)10-3-5-13(16)6-4-10/h3-9H,17H2,1-2H3. The Morgan fingerprint density at radius 1 is 1.05 bits per heavy atom. The number of nitrogen functional groups attached to an aromatic ring is 1. The van der Waals surface area contributed by atoms with Gasteiger partial charge in [0.1, 0.15) is 5.82 Å². The monoisotopic (exact) mass is 258 g/mol. The summed E-state index contributed by atoms with van der Waals surface area (Å²) in [5, 5.41) is 0. The van der Waals surface area contributed by atoms with Gasteiger partial charge in [0.05, 0.1) is 0 Å². The smallest absolute Gasteiger partial charge is 0.253 e. The molecule has 0 aliphatic heterocycles. The lowest BCUT2D eigenvalue weighted by atomic mass is 10.0. The van der Waals surface area contributed by atoms with E-state index in [9.17, 15) is 9.18 Å². The van der Waals surface area contributed by atoms with Gasteiger partial charge in [0.2, 0.25) is 0 Å². The molecule has 0 atom stereocenters. The van der Waals surface area contributed by atoms with Crippen LogP contribution >= 0.6 is 0 Å². The van der Waals surface area contributed by atoms with Crippen molar-refractivity contribution in [2.24, 2.45) is 0 Å². The number of halogens is 1. The van der Waals surface area contributed by atoms with Crippen molar-refractivity contribution in [3.63, 3.8) is 0 Å². The summed E-state index contributed by atoms with van der Waals surface area (Å²) in [6.45, 7) is 0. The van der Waals surface area contributed by atoms with Crippen molar-refractivity contribution in [2.75, 3.05) is 19.8 Å². The SMILES string of the molecule is CN(C)C(=O)c1cc(N)cc(-c2ccc(F)cc2)c1. The van der Waals surface area contributed by atoms with Gasteiger partial charge in [-0.15, -0.1) is 0 Å². The summed E-state index contributed by atoms with van der Waals surface area (Å²) >= 11 is 0. The minimum atomic E-state index is -0.294. The van der Waals surface area contributed by atoms with Crippen LogP contribution < -0.4 is 5.73 Å². The summed E-state index contributed by atoms with van der Waals surface area (Å²) in [5.74, 6) is -0.409. The molecule has 0 saturated heterocycles. The Morgan fingerprint density at radius 2 is 1.68 bits per heavy atom. The minimum Gasteiger partial charge on any atom is -0.399 e. The van der Waals surface area contributed by atoms with Gasteiger partial charge in [-0.3, -0.25) is 4.79 Å². The molecular weight excluding hydrogens is 243 g/mol. The molecule has 0 aromatic heterocycles. The average Bonchev–Trinajstić information content (AvgIpc) is 2.37. The quantitative estimate of drug-likeness (QED) is 0.842. The van der Waals surface area contributed by atoms with Gasteiger partial charge in [-0.05, 0) is 41.5 Å². The molecule has 0 heterocycles. The first kappa shape index (κ1) is 13.1. The summed E-state index contributed by atoms with van der Waals surface area (Å²) in [5.41, 5.74) is 8.46. The minimum absolute atomic E-state index is 0.115. The average molecular weight is 258 g/mol. The largest absolute Gasteiger partial charge is 0.399 e. The number of benzene rings is 2. The van der Waals surface area contributed by atoms with Gasteiger partial charge in [0.25, 0.3) is 5.91 Å². The molecule has 2 rings (SSSR count). The number of carbonyl (C=O) groups excluding carboxylic acids is 1. The van der Waals surface area contributed by atoms with E-state index in [4.69, 9.17) is 5.73 Å². The highest BCUT2D eigenvalue weighted by Crippen LogP contribution is 2.24. The number of rotatable bonds is 2. The Kier molecular flexibility index (Phi) is 3.51. The Balaban J connectivity index is 2.47. The predicted molar refractivity (Wildman–Crippen MR) is 74.3 cm³/mol. The van der Waals surface area contributed by atoms with Gasteiger partial charge >= 0.3 is 0 Å². The summed E-state index contributed by atoms with van der Waals surface area (Å²) < 4.78 is 12.9. The van der Waals surface area contributed by atoms with Crippen LogP contribution in [0.25, 0.3) is 11.1 Å². The molecule has 0 aliphatic carbocycles. The van der Waals surface area contributed by atoms with Gasteiger partial charge < -0.3 is 10.6 Å². The maximum atomic E-state index is 12.9. The topological polar surface area (TPSA) is 46.3 Å². The lowest BCUT2D eigenvalue weighted by molar-refractivity contribution is 0.0827. The molecule has 0 radical (unpaired) electrons. The molecule has 0 fully saturated rings. The van der Waals surface area contributed by atoms with E-state index < -0.39 is 0 Å². The third kappa shape index (κ3) is 2.91. The Morgan fingerprint density at radius 3 is 2.26 bits per heavy atom. The number of hydrogen-bond donors (Lipinski definition) is 1. The van der Waals surface area contributed by atoms with E-state index in [1.165, 1.54) is 17.0 Å². The molecular formula is C15H15FN2O. The third-order valence-corrected chi connectivity index (χ3v) is 2.79. The Bertz CT molecular complexity index is 606. The Hall–Kier alpha value is -2.36. The van der Waals surface area contributed by atoms with Crippen LogP contribution in [-0.4, -0.2) is 24.9 Å².